The quantitative estimate of drug-likeness (QED) is 0.740. The Kier molecular flexibility index (Phi) is 3.24. The van der Waals surface area contributed by atoms with E-state index < -0.39 is 17.5 Å². The highest BCUT2D eigenvalue weighted by molar-refractivity contribution is 6.32. The molecule has 0 amide bonds. The van der Waals surface area contributed by atoms with E-state index in [1.807, 2.05) is 0 Å². The monoisotopic (exact) mass is 238 g/mol. The summed E-state index contributed by atoms with van der Waals surface area (Å²) < 4.78 is 40.8. The lowest BCUT2D eigenvalue weighted by Gasteiger charge is -2.07. The minimum Gasteiger partial charge on any atom is -0.495 e. The van der Waals surface area contributed by atoms with Gasteiger partial charge < -0.3 is 4.74 Å². The minimum absolute atomic E-state index is 0.0346. The van der Waals surface area contributed by atoms with Crippen LogP contribution in [0.15, 0.2) is 18.2 Å². The summed E-state index contributed by atoms with van der Waals surface area (Å²) in [6, 6.07) is 3.15. The maximum absolute atomic E-state index is 12.0. The van der Waals surface area contributed by atoms with Gasteiger partial charge in [-0.3, -0.25) is 4.79 Å². The lowest BCUT2D eigenvalue weighted by atomic mass is 10.1. The van der Waals surface area contributed by atoms with Crippen molar-refractivity contribution in [3.8, 4) is 5.75 Å². The van der Waals surface area contributed by atoms with E-state index in [2.05, 4.69) is 0 Å². The molecule has 0 aliphatic carbocycles. The zero-order valence-electron chi connectivity index (χ0n) is 7.56. The molecule has 6 heteroatoms. The molecule has 0 unspecified atom stereocenters. The lowest BCUT2D eigenvalue weighted by Crippen LogP contribution is -2.22. The molecule has 0 aliphatic rings. The van der Waals surface area contributed by atoms with Crippen molar-refractivity contribution in [1.82, 2.24) is 0 Å². The third kappa shape index (κ3) is 2.62. The van der Waals surface area contributed by atoms with Gasteiger partial charge in [0.2, 0.25) is 0 Å². The maximum Gasteiger partial charge on any atom is 0.454 e. The van der Waals surface area contributed by atoms with Crippen molar-refractivity contribution < 1.29 is 22.7 Å². The van der Waals surface area contributed by atoms with Gasteiger partial charge in [0.25, 0.3) is 5.78 Å². The molecule has 0 saturated heterocycles. The predicted molar refractivity (Wildman–Crippen MR) is 48.4 cm³/mol. The standard InChI is InChI=1S/C9H6ClF3O2/c1-15-7-3-2-5(4-6(7)10)8(14)9(11,12)13/h2-4H,1H3. The molecule has 0 spiro atoms. The van der Waals surface area contributed by atoms with E-state index in [0.717, 1.165) is 12.1 Å². The average molecular weight is 239 g/mol. The Bertz CT molecular complexity index is 387. The first-order valence-corrected chi connectivity index (χ1v) is 4.19. The second kappa shape index (κ2) is 4.10. The summed E-state index contributed by atoms with van der Waals surface area (Å²) in [5.74, 6) is -1.71. The highest BCUT2D eigenvalue weighted by Crippen LogP contribution is 2.28. The fourth-order valence-corrected chi connectivity index (χ4v) is 1.23. The van der Waals surface area contributed by atoms with Crippen LogP contribution in [-0.2, 0) is 0 Å². The molecule has 1 aromatic carbocycles. The number of rotatable bonds is 2. The van der Waals surface area contributed by atoms with Gasteiger partial charge >= 0.3 is 6.18 Å². The largest absolute Gasteiger partial charge is 0.495 e. The van der Waals surface area contributed by atoms with E-state index in [-0.39, 0.29) is 10.8 Å². The number of hydrogen-bond acceptors (Lipinski definition) is 2. The van der Waals surface area contributed by atoms with E-state index in [1.165, 1.54) is 13.2 Å². The summed E-state index contributed by atoms with van der Waals surface area (Å²) in [5, 5.41) is -0.0346. The average Bonchev–Trinajstić information content (AvgIpc) is 2.15. The first kappa shape index (κ1) is 11.8. The molecule has 0 N–H and O–H groups in total. The molecule has 0 fully saturated rings. The Morgan fingerprint density at radius 1 is 1.40 bits per heavy atom. The molecule has 1 rings (SSSR count). The van der Waals surface area contributed by atoms with E-state index in [1.54, 1.807) is 0 Å². The third-order valence-electron chi connectivity index (χ3n) is 1.67. The van der Waals surface area contributed by atoms with Crippen LogP contribution in [-0.4, -0.2) is 19.1 Å². The summed E-state index contributed by atoms with van der Waals surface area (Å²) in [6.07, 6.45) is -4.89. The van der Waals surface area contributed by atoms with Crippen molar-refractivity contribution in [1.29, 1.82) is 0 Å². The summed E-state index contributed by atoms with van der Waals surface area (Å²) in [7, 11) is 1.33. The van der Waals surface area contributed by atoms with Crippen LogP contribution in [0.1, 0.15) is 10.4 Å². The van der Waals surface area contributed by atoms with Gasteiger partial charge in [-0.25, -0.2) is 0 Å². The number of hydrogen-bond donors (Lipinski definition) is 0. The van der Waals surface area contributed by atoms with Crippen LogP contribution in [0.2, 0.25) is 5.02 Å². The summed E-state index contributed by atoms with van der Waals surface area (Å²) in [5.41, 5.74) is -0.506. The molecule has 1 aromatic rings. The van der Waals surface area contributed by atoms with Crippen LogP contribution in [0, 0.1) is 0 Å². The number of halogens is 4. The summed E-state index contributed by atoms with van der Waals surface area (Å²) in [4.78, 5) is 10.8. The second-order valence-electron chi connectivity index (χ2n) is 2.68. The maximum atomic E-state index is 12.0. The fraction of sp³-hybridized carbons (Fsp3) is 0.222. The van der Waals surface area contributed by atoms with Gasteiger partial charge in [-0.1, -0.05) is 11.6 Å². The molecule has 2 nitrogen and oxygen atoms in total. The number of carbonyl (C=O) groups is 1. The zero-order valence-corrected chi connectivity index (χ0v) is 8.32. The van der Waals surface area contributed by atoms with Crippen molar-refractivity contribution in [2.24, 2.45) is 0 Å². The number of ether oxygens (including phenoxy) is 1. The van der Waals surface area contributed by atoms with Crippen LogP contribution in [0.3, 0.4) is 0 Å². The van der Waals surface area contributed by atoms with Crippen molar-refractivity contribution in [3.05, 3.63) is 28.8 Å². The van der Waals surface area contributed by atoms with Gasteiger partial charge in [0.1, 0.15) is 5.75 Å². The van der Waals surface area contributed by atoms with E-state index in [4.69, 9.17) is 16.3 Å². The summed E-state index contributed by atoms with van der Waals surface area (Å²) >= 11 is 5.58. The Labute approximate surface area is 88.6 Å². The van der Waals surface area contributed by atoms with E-state index in [9.17, 15) is 18.0 Å². The molecule has 15 heavy (non-hydrogen) atoms. The highest BCUT2D eigenvalue weighted by atomic mass is 35.5. The molecule has 0 atom stereocenters. The topological polar surface area (TPSA) is 26.3 Å². The first-order valence-electron chi connectivity index (χ1n) is 3.81. The van der Waals surface area contributed by atoms with Gasteiger partial charge in [-0.15, -0.1) is 0 Å². The number of alkyl halides is 3. The zero-order chi connectivity index (χ0) is 11.6. The van der Waals surface area contributed by atoms with Crippen LogP contribution >= 0.6 is 11.6 Å². The Balaban J connectivity index is 3.08. The normalized spacial score (nSPS) is 11.3. The number of Topliss-reactive ketones (excluding diaryl/α,β-unsaturated/α-hetero) is 1. The van der Waals surface area contributed by atoms with Gasteiger partial charge in [0, 0.05) is 5.56 Å². The fourth-order valence-electron chi connectivity index (χ4n) is 0.971. The highest BCUT2D eigenvalue weighted by Gasteiger charge is 2.39. The smallest absolute Gasteiger partial charge is 0.454 e. The van der Waals surface area contributed by atoms with Crippen LogP contribution in [0.25, 0.3) is 0 Å². The Morgan fingerprint density at radius 3 is 2.40 bits per heavy atom. The molecular weight excluding hydrogens is 233 g/mol. The van der Waals surface area contributed by atoms with E-state index >= 15 is 0 Å². The molecule has 0 bridgehead atoms. The van der Waals surface area contributed by atoms with Crippen molar-refractivity contribution in [2.75, 3.05) is 7.11 Å². The van der Waals surface area contributed by atoms with Gasteiger partial charge in [0.15, 0.2) is 0 Å². The van der Waals surface area contributed by atoms with Crippen molar-refractivity contribution >= 4 is 17.4 Å². The van der Waals surface area contributed by atoms with Crippen LogP contribution in [0.4, 0.5) is 13.2 Å². The van der Waals surface area contributed by atoms with Gasteiger partial charge in [0.05, 0.1) is 12.1 Å². The first-order chi connectivity index (χ1) is 6.86. The van der Waals surface area contributed by atoms with E-state index in [0.29, 0.717) is 0 Å². The minimum atomic E-state index is -4.89. The van der Waals surface area contributed by atoms with Crippen molar-refractivity contribution in [2.45, 2.75) is 6.18 Å². The number of carbonyl (C=O) groups excluding carboxylic acids is 1. The number of methoxy groups -OCH3 is 1. The molecule has 0 aromatic heterocycles. The molecule has 82 valence electrons. The van der Waals surface area contributed by atoms with Gasteiger partial charge in [-0.2, -0.15) is 13.2 Å². The SMILES string of the molecule is COc1ccc(C(=O)C(F)(F)F)cc1Cl. The lowest BCUT2D eigenvalue weighted by molar-refractivity contribution is -0.0885. The van der Waals surface area contributed by atoms with Gasteiger partial charge in [-0.05, 0) is 18.2 Å². The second-order valence-corrected chi connectivity index (χ2v) is 3.08. The molecular formula is C9H6ClF3O2. The van der Waals surface area contributed by atoms with Crippen LogP contribution in [0.5, 0.6) is 5.75 Å². The summed E-state index contributed by atoms with van der Waals surface area (Å²) in [6.45, 7) is 0. The molecule has 0 heterocycles. The third-order valence-corrected chi connectivity index (χ3v) is 1.97. The Morgan fingerprint density at radius 2 is 2.00 bits per heavy atom. The van der Waals surface area contributed by atoms with Crippen LogP contribution < -0.4 is 4.74 Å². The Hall–Kier alpha value is -1.23. The predicted octanol–water partition coefficient (Wildman–Crippen LogP) is 3.09. The molecule has 0 saturated carbocycles. The molecule has 0 radical (unpaired) electrons. The van der Waals surface area contributed by atoms with Crippen molar-refractivity contribution in [3.63, 3.8) is 0 Å². The number of benzene rings is 1. The number of ketones is 1. The molecule has 0 aliphatic heterocycles.